The molecule has 0 atom stereocenters. The molecule has 0 saturated heterocycles. The molecule has 1 amide bonds. The van der Waals surface area contributed by atoms with E-state index in [1.54, 1.807) is 0 Å². The number of hydrogen-bond acceptors (Lipinski definition) is 3. The lowest BCUT2D eigenvalue weighted by Crippen LogP contribution is -2.24. The maximum atomic E-state index is 13.7. The van der Waals surface area contributed by atoms with Crippen molar-refractivity contribution < 1.29 is 22.0 Å². The smallest absolute Gasteiger partial charge is 0.257 e. The van der Waals surface area contributed by atoms with Crippen LogP contribution in [0.2, 0.25) is 0 Å². The first kappa shape index (κ1) is 14.0. The quantitative estimate of drug-likeness (QED) is 0.838. The summed E-state index contributed by atoms with van der Waals surface area (Å²) in [6.45, 7) is 0. The lowest BCUT2D eigenvalue weighted by molar-refractivity contribution is 0.0954. The Balaban J connectivity index is 3.73. The molecule has 0 aliphatic heterocycles. The zero-order valence-electron chi connectivity index (χ0n) is 8.42. The Hall–Kier alpha value is -1.06. The fraction of sp³-hybridized carbons (Fsp3) is 0.125. The van der Waals surface area contributed by atoms with E-state index in [0.29, 0.717) is 6.07 Å². The Labute approximate surface area is 104 Å². The summed E-state index contributed by atoms with van der Waals surface area (Å²) in [6, 6.07) is 0.660. The molecule has 0 aromatic heterocycles. The summed E-state index contributed by atoms with van der Waals surface area (Å²) in [5, 5.41) is 6.76. The van der Waals surface area contributed by atoms with Crippen LogP contribution in [-0.4, -0.2) is 21.4 Å². The second-order valence-corrected chi connectivity index (χ2v) is 5.34. The molecule has 0 spiro atoms. The highest BCUT2D eigenvalue weighted by Crippen LogP contribution is 2.28. The second kappa shape index (κ2) is 4.67. The fourth-order valence-electron chi connectivity index (χ4n) is 1.17. The summed E-state index contributed by atoms with van der Waals surface area (Å²) in [5.74, 6) is -3.81. The van der Waals surface area contributed by atoms with Crippen molar-refractivity contribution >= 4 is 31.9 Å². The van der Waals surface area contributed by atoms with Crippen LogP contribution < -0.4 is 10.5 Å². The van der Waals surface area contributed by atoms with E-state index in [-0.39, 0.29) is 4.47 Å². The van der Waals surface area contributed by atoms with Crippen LogP contribution in [0.15, 0.2) is 15.4 Å². The van der Waals surface area contributed by atoms with E-state index in [1.807, 2.05) is 5.32 Å². The van der Waals surface area contributed by atoms with Gasteiger partial charge in [0.25, 0.3) is 5.91 Å². The van der Waals surface area contributed by atoms with Gasteiger partial charge in [-0.2, -0.15) is 0 Å². The summed E-state index contributed by atoms with van der Waals surface area (Å²) in [7, 11) is -3.26. The first-order chi connectivity index (χ1) is 7.70. The van der Waals surface area contributed by atoms with Crippen LogP contribution in [0.3, 0.4) is 0 Å². The van der Waals surface area contributed by atoms with Crippen molar-refractivity contribution in [1.82, 2.24) is 5.32 Å². The van der Waals surface area contributed by atoms with Gasteiger partial charge in [-0.15, -0.1) is 0 Å². The normalized spacial score (nSPS) is 11.4. The van der Waals surface area contributed by atoms with Crippen molar-refractivity contribution in [1.29, 1.82) is 0 Å². The minimum Gasteiger partial charge on any atom is -0.355 e. The Morgan fingerprint density at radius 3 is 2.41 bits per heavy atom. The summed E-state index contributed by atoms with van der Waals surface area (Å²) >= 11 is 2.67. The van der Waals surface area contributed by atoms with Crippen LogP contribution in [0.5, 0.6) is 0 Å². The summed E-state index contributed by atoms with van der Waals surface area (Å²) < 4.78 is 48.9. The van der Waals surface area contributed by atoms with Crippen LogP contribution in [0.25, 0.3) is 0 Å². The molecule has 5 nitrogen and oxygen atoms in total. The van der Waals surface area contributed by atoms with Crippen LogP contribution in [0.4, 0.5) is 8.78 Å². The van der Waals surface area contributed by atoms with Gasteiger partial charge in [-0.1, -0.05) is 0 Å². The van der Waals surface area contributed by atoms with E-state index in [9.17, 15) is 22.0 Å². The number of nitrogens with one attached hydrogen (secondary N) is 1. The van der Waals surface area contributed by atoms with Gasteiger partial charge >= 0.3 is 0 Å². The molecule has 17 heavy (non-hydrogen) atoms. The monoisotopic (exact) mass is 328 g/mol. The average Bonchev–Trinajstić information content (AvgIpc) is 2.13. The molecule has 0 unspecified atom stereocenters. The van der Waals surface area contributed by atoms with Gasteiger partial charge in [-0.05, 0) is 22.0 Å². The van der Waals surface area contributed by atoms with E-state index in [4.69, 9.17) is 5.14 Å². The molecule has 0 aliphatic rings. The van der Waals surface area contributed by atoms with Gasteiger partial charge in [0.1, 0.15) is 16.3 Å². The molecule has 0 bridgehead atoms. The van der Waals surface area contributed by atoms with E-state index < -0.39 is 38.0 Å². The Morgan fingerprint density at radius 1 is 1.47 bits per heavy atom. The molecule has 9 heteroatoms. The zero-order valence-corrected chi connectivity index (χ0v) is 10.8. The average molecular weight is 329 g/mol. The first-order valence-electron chi connectivity index (χ1n) is 4.12. The Kier molecular flexibility index (Phi) is 3.84. The number of benzene rings is 1. The molecule has 0 fully saturated rings. The minimum absolute atomic E-state index is 0.386. The third-order valence-electron chi connectivity index (χ3n) is 1.87. The molecular weight excluding hydrogens is 322 g/mol. The number of hydrogen-bond donors (Lipinski definition) is 2. The first-order valence-corrected chi connectivity index (χ1v) is 6.46. The molecule has 0 aliphatic carbocycles. The third kappa shape index (κ3) is 2.61. The van der Waals surface area contributed by atoms with Crippen molar-refractivity contribution in [2.24, 2.45) is 5.14 Å². The van der Waals surface area contributed by atoms with Crippen LogP contribution in [-0.2, 0) is 10.0 Å². The van der Waals surface area contributed by atoms with Gasteiger partial charge in [0, 0.05) is 11.5 Å². The standard InChI is InChI=1S/C8H7BrF2N2O3S/c1-13-8(14)5-4(10)2-3(9)7(6(5)11)17(12,15)16/h2H,1H3,(H,13,14)(H2,12,15,16). The lowest BCUT2D eigenvalue weighted by atomic mass is 10.2. The molecule has 3 N–H and O–H groups in total. The number of amides is 1. The maximum absolute atomic E-state index is 13.7. The third-order valence-corrected chi connectivity index (χ3v) is 3.72. The molecule has 94 valence electrons. The predicted octanol–water partition coefficient (Wildman–Crippen LogP) is 0.734. The summed E-state index contributed by atoms with van der Waals surface area (Å²) in [5.41, 5.74) is -1.00. The van der Waals surface area contributed by atoms with Crippen molar-refractivity contribution in [3.63, 3.8) is 0 Å². The van der Waals surface area contributed by atoms with Gasteiger partial charge < -0.3 is 5.32 Å². The predicted molar refractivity (Wildman–Crippen MR) is 58.8 cm³/mol. The van der Waals surface area contributed by atoms with Gasteiger partial charge in [0.2, 0.25) is 10.0 Å². The molecule has 1 rings (SSSR count). The highest BCUT2D eigenvalue weighted by Gasteiger charge is 2.27. The molecule has 0 heterocycles. The van der Waals surface area contributed by atoms with Gasteiger partial charge in [-0.25, -0.2) is 22.3 Å². The Bertz CT molecular complexity index is 589. The van der Waals surface area contributed by atoms with Crippen molar-refractivity contribution in [3.8, 4) is 0 Å². The molecule has 1 aromatic carbocycles. The van der Waals surface area contributed by atoms with Crippen molar-refractivity contribution in [2.45, 2.75) is 4.90 Å². The number of halogens is 3. The van der Waals surface area contributed by atoms with Crippen LogP contribution in [0.1, 0.15) is 10.4 Å². The fourth-order valence-corrected chi connectivity index (χ4v) is 2.90. The maximum Gasteiger partial charge on any atom is 0.257 e. The number of carbonyl (C=O) groups excluding carboxylic acids is 1. The van der Waals surface area contributed by atoms with Gasteiger partial charge in [0.15, 0.2) is 5.82 Å². The minimum atomic E-state index is -4.41. The Morgan fingerprint density at radius 2 is 2.00 bits per heavy atom. The molecule has 1 aromatic rings. The highest BCUT2D eigenvalue weighted by molar-refractivity contribution is 9.10. The van der Waals surface area contributed by atoms with Gasteiger partial charge in [-0.3, -0.25) is 4.79 Å². The number of carbonyl (C=O) groups is 1. The van der Waals surface area contributed by atoms with E-state index in [2.05, 4.69) is 15.9 Å². The summed E-state index contributed by atoms with van der Waals surface area (Å²) in [6.07, 6.45) is 0. The molecule has 0 radical (unpaired) electrons. The van der Waals surface area contributed by atoms with E-state index >= 15 is 0 Å². The van der Waals surface area contributed by atoms with E-state index in [0.717, 1.165) is 7.05 Å². The topological polar surface area (TPSA) is 89.3 Å². The van der Waals surface area contributed by atoms with Crippen molar-refractivity contribution in [2.75, 3.05) is 7.05 Å². The number of nitrogens with two attached hydrogens (primary N) is 1. The van der Waals surface area contributed by atoms with Crippen LogP contribution in [0, 0.1) is 11.6 Å². The van der Waals surface area contributed by atoms with Gasteiger partial charge in [0.05, 0.1) is 0 Å². The number of sulfonamides is 1. The molecular formula is C8H7BrF2N2O3S. The molecule has 0 saturated carbocycles. The van der Waals surface area contributed by atoms with E-state index in [1.165, 1.54) is 0 Å². The second-order valence-electron chi connectivity index (χ2n) is 2.98. The van der Waals surface area contributed by atoms with Crippen molar-refractivity contribution in [3.05, 3.63) is 27.7 Å². The summed E-state index contributed by atoms with van der Waals surface area (Å²) in [4.78, 5) is 10.2. The SMILES string of the molecule is CNC(=O)c1c(F)cc(Br)c(S(N)(=O)=O)c1F. The number of rotatable bonds is 2. The zero-order chi connectivity index (χ0) is 13.4. The van der Waals surface area contributed by atoms with Crippen LogP contribution >= 0.6 is 15.9 Å². The largest absolute Gasteiger partial charge is 0.355 e. The number of primary sulfonamides is 1. The lowest BCUT2D eigenvalue weighted by Gasteiger charge is -2.09. The highest BCUT2D eigenvalue weighted by atomic mass is 79.9.